The zero-order valence-electron chi connectivity index (χ0n) is 14.0. The van der Waals surface area contributed by atoms with Crippen LogP contribution in [0.15, 0.2) is 65.9 Å². The van der Waals surface area contributed by atoms with Crippen LogP contribution in [0.25, 0.3) is 0 Å². The molecular weight excluding hydrogens is 318 g/mol. The Bertz CT molecular complexity index is 846. The quantitative estimate of drug-likeness (QED) is 0.390. The molecule has 2 amide bonds. The zero-order chi connectivity index (χ0) is 18.0. The molecule has 1 aliphatic heterocycles. The van der Waals surface area contributed by atoms with Crippen LogP contribution in [0.3, 0.4) is 0 Å². The molecule has 128 valence electrons. The number of hydrogen-bond donors (Lipinski definition) is 2. The Balaban J connectivity index is 2.07. The van der Waals surface area contributed by atoms with E-state index in [0.29, 0.717) is 16.9 Å². The Labute approximate surface area is 145 Å². The summed E-state index contributed by atoms with van der Waals surface area (Å²) < 4.78 is 0. The predicted molar refractivity (Wildman–Crippen MR) is 93.0 cm³/mol. The highest BCUT2D eigenvalue weighted by Crippen LogP contribution is 2.39. The number of allylic oxidation sites excluding steroid dienone is 1. The maximum absolute atomic E-state index is 13.1. The van der Waals surface area contributed by atoms with Gasteiger partial charge in [0.05, 0.1) is 5.57 Å². The first-order valence-corrected chi connectivity index (χ1v) is 7.87. The van der Waals surface area contributed by atoms with Gasteiger partial charge in [-0.25, -0.2) is 10.6 Å². The average Bonchev–Trinajstić information content (AvgIpc) is 2.98. The third-order valence-corrected chi connectivity index (χ3v) is 4.09. The minimum absolute atomic E-state index is 0.178. The first kappa shape index (κ1) is 16.7. The Morgan fingerprint density at radius 2 is 1.80 bits per heavy atom. The van der Waals surface area contributed by atoms with E-state index >= 15 is 0 Å². The highest BCUT2D eigenvalue weighted by Gasteiger charge is 2.41. The maximum atomic E-state index is 13.1. The molecule has 1 atom stereocenters. The van der Waals surface area contributed by atoms with Crippen LogP contribution >= 0.6 is 0 Å². The third kappa shape index (κ3) is 3.12. The number of hydrogen-bond acceptors (Lipinski definition) is 4. The number of Topliss-reactive ketones (excluding diaryl/α,β-unsaturated/α-hetero) is 1. The number of carbonyl (C=O) groups is 2. The molecule has 0 saturated carbocycles. The lowest BCUT2D eigenvalue weighted by Gasteiger charge is -2.24. The number of amides is 2. The van der Waals surface area contributed by atoms with E-state index in [0.717, 1.165) is 16.2 Å². The molecule has 6 nitrogen and oxygen atoms in total. The van der Waals surface area contributed by atoms with Gasteiger partial charge in [0.2, 0.25) is 0 Å². The fourth-order valence-electron chi connectivity index (χ4n) is 2.94. The van der Waals surface area contributed by atoms with E-state index in [2.05, 4.69) is 5.43 Å². The zero-order valence-corrected chi connectivity index (χ0v) is 14.0. The molecule has 0 radical (unpaired) electrons. The minimum Gasteiger partial charge on any atom is -0.379 e. The molecule has 1 unspecified atom stereocenters. The van der Waals surface area contributed by atoms with Crippen molar-refractivity contribution in [2.45, 2.75) is 19.9 Å². The van der Waals surface area contributed by atoms with Crippen molar-refractivity contribution in [3.05, 3.63) is 82.6 Å². The first-order chi connectivity index (χ1) is 12.0. The highest BCUT2D eigenvalue weighted by atomic mass is 16.7. The fourth-order valence-corrected chi connectivity index (χ4v) is 2.94. The summed E-state index contributed by atoms with van der Waals surface area (Å²) in [5.74, 6) is 5.47. The van der Waals surface area contributed by atoms with Crippen molar-refractivity contribution in [3.63, 3.8) is 0 Å². The van der Waals surface area contributed by atoms with E-state index < -0.39 is 12.1 Å². The SMILES string of the molecule is CC1=C(C(=O)c2cccc(C)c2)C(c2ccccc2)N(C(=O)NN)O1. The van der Waals surface area contributed by atoms with Crippen molar-refractivity contribution in [2.75, 3.05) is 0 Å². The monoisotopic (exact) mass is 337 g/mol. The molecule has 25 heavy (non-hydrogen) atoms. The van der Waals surface area contributed by atoms with Crippen molar-refractivity contribution in [1.29, 1.82) is 0 Å². The molecule has 1 heterocycles. The van der Waals surface area contributed by atoms with Gasteiger partial charge in [0, 0.05) is 5.56 Å². The second kappa shape index (κ2) is 6.78. The van der Waals surface area contributed by atoms with E-state index in [1.54, 1.807) is 13.0 Å². The summed E-state index contributed by atoms with van der Waals surface area (Å²) in [6, 6.07) is 15.3. The molecule has 2 aromatic rings. The topological polar surface area (TPSA) is 84.7 Å². The smallest absolute Gasteiger partial charge is 0.365 e. The number of hydroxylamine groups is 2. The van der Waals surface area contributed by atoms with Gasteiger partial charge in [0.15, 0.2) is 5.78 Å². The number of aryl methyl sites for hydroxylation is 1. The minimum atomic E-state index is -0.669. The van der Waals surface area contributed by atoms with Gasteiger partial charge >= 0.3 is 6.03 Å². The number of carbonyl (C=O) groups excluding carboxylic acids is 2. The summed E-state index contributed by atoms with van der Waals surface area (Å²) in [6.07, 6.45) is 0. The lowest BCUT2D eigenvalue weighted by atomic mass is 9.91. The van der Waals surface area contributed by atoms with Gasteiger partial charge in [-0.1, -0.05) is 54.1 Å². The van der Waals surface area contributed by atoms with Gasteiger partial charge in [-0.15, -0.1) is 5.06 Å². The second-order valence-corrected chi connectivity index (χ2v) is 5.85. The van der Waals surface area contributed by atoms with Crippen LogP contribution in [0, 0.1) is 6.92 Å². The number of hydrazine groups is 1. The molecule has 0 fully saturated rings. The lowest BCUT2D eigenvalue weighted by molar-refractivity contribution is -0.0720. The largest absolute Gasteiger partial charge is 0.379 e. The van der Waals surface area contributed by atoms with Crippen LogP contribution in [0.2, 0.25) is 0 Å². The van der Waals surface area contributed by atoms with Crippen molar-refractivity contribution >= 4 is 11.8 Å². The molecule has 3 rings (SSSR count). The lowest BCUT2D eigenvalue weighted by Crippen LogP contribution is -2.43. The molecule has 0 aliphatic carbocycles. The maximum Gasteiger partial charge on any atom is 0.365 e. The van der Waals surface area contributed by atoms with Gasteiger partial charge in [-0.3, -0.25) is 10.2 Å². The summed E-state index contributed by atoms with van der Waals surface area (Å²) in [4.78, 5) is 30.8. The predicted octanol–water partition coefficient (Wildman–Crippen LogP) is 3.02. The molecule has 3 N–H and O–H groups in total. The van der Waals surface area contributed by atoms with Gasteiger partial charge in [0.1, 0.15) is 11.8 Å². The summed E-state index contributed by atoms with van der Waals surface area (Å²) in [7, 11) is 0. The van der Waals surface area contributed by atoms with E-state index in [1.165, 1.54) is 0 Å². The van der Waals surface area contributed by atoms with Crippen molar-refractivity contribution in [3.8, 4) is 0 Å². The fraction of sp³-hybridized carbons (Fsp3) is 0.158. The number of ketones is 1. The number of nitrogens with one attached hydrogen (secondary N) is 1. The summed E-state index contributed by atoms with van der Waals surface area (Å²) in [5, 5.41) is 1.09. The Morgan fingerprint density at radius 1 is 1.08 bits per heavy atom. The number of nitrogens with zero attached hydrogens (tertiary/aromatic N) is 1. The molecule has 0 aromatic heterocycles. The van der Waals surface area contributed by atoms with Gasteiger partial charge in [-0.2, -0.15) is 0 Å². The van der Waals surface area contributed by atoms with Crippen LogP contribution in [-0.2, 0) is 4.84 Å². The average molecular weight is 337 g/mol. The van der Waals surface area contributed by atoms with Crippen LogP contribution in [0.5, 0.6) is 0 Å². The van der Waals surface area contributed by atoms with Crippen LogP contribution in [0.4, 0.5) is 4.79 Å². The molecule has 0 saturated heterocycles. The summed E-state index contributed by atoms with van der Waals surface area (Å²) >= 11 is 0. The molecule has 0 bridgehead atoms. The normalized spacial score (nSPS) is 16.6. The molecular formula is C19H19N3O3. The van der Waals surface area contributed by atoms with Crippen LogP contribution < -0.4 is 11.3 Å². The second-order valence-electron chi connectivity index (χ2n) is 5.85. The standard InChI is InChI=1S/C19H19N3O3/c1-12-7-6-10-15(11-12)18(23)16-13(2)25-22(19(24)21-20)17(16)14-8-4-3-5-9-14/h3-11,17H,20H2,1-2H3,(H,21,24). The Hall–Kier alpha value is -3.12. The van der Waals surface area contributed by atoms with E-state index in [1.807, 2.05) is 55.5 Å². The number of rotatable bonds is 3. The molecule has 0 spiro atoms. The van der Waals surface area contributed by atoms with Crippen LogP contribution in [-0.4, -0.2) is 16.9 Å². The van der Waals surface area contributed by atoms with Gasteiger partial charge < -0.3 is 4.84 Å². The Morgan fingerprint density at radius 3 is 2.44 bits per heavy atom. The van der Waals surface area contributed by atoms with E-state index in [9.17, 15) is 9.59 Å². The van der Waals surface area contributed by atoms with Gasteiger partial charge in [-0.05, 0) is 25.5 Å². The number of nitrogens with two attached hydrogens (primary N) is 1. The summed E-state index contributed by atoms with van der Waals surface area (Å²) in [5.41, 5.74) is 4.77. The first-order valence-electron chi connectivity index (χ1n) is 7.87. The molecule has 1 aliphatic rings. The highest BCUT2D eigenvalue weighted by molar-refractivity contribution is 6.10. The van der Waals surface area contributed by atoms with E-state index in [-0.39, 0.29) is 5.78 Å². The van der Waals surface area contributed by atoms with Crippen molar-refractivity contribution < 1.29 is 14.4 Å². The van der Waals surface area contributed by atoms with Crippen molar-refractivity contribution in [2.24, 2.45) is 5.84 Å². The van der Waals surface area contributed by atoms with Crippen LogP contribution in [0.1, 0.15) is 34.5 Å². The molecule has 2 aromatic carbocycles. The van der Waals surface area contributed by atoms with E-state index in [4.69, 9.17) is 10.7 Å². The third-order valence-electron chi connectivity index (χ3n) is 4.09. The van der Waals surface area contributed by atoms with Crippen molar-refractivity contribution in [1.82, 2.24) is 10.5 Å². The van der Waals surface area contributed by atoms with Gasteiger partial charge in [0.25, 0.3) is 0 Å². The summed E-state index contributed by atoms with van der Waals surface area (Å²) in [6.45, 7) is 3.59. The number of benzene rings is 2. The number of urea groups is 1. The Kier molecular flexibility index (Phi) is 4.54. The molecule has 6 heteroatoms.